The Morgan fingerprint density at radius 2 is 2.09 bits per heavy atom. The van der Waals surface area contributed by atoms with E-state index >= 15 is 0 Å². The van der Waals surface area contributed by atoms with Gasteiger partial charge in [0.1, 0.15) is 12.7 Å². The van der Waals surface area contributed by atoms with E-state index in [-0.39, 0.29) is 34.8 Å². The Hall–Kier alpha value is -2.25. The first kappa shape index (κ1) is 17.1. The molecule has 0 amide bonds. The molecule has 0 radical (unpaired) electrons. The molecule has 0 saturated heterocycles. The predicted molar refractivity (Wildman–Crippen MR) is 83.1 cm³/mol. The Balaban J connectivity index is 2.37. The van der Waals surface area contributed by atoms with Crippen LogP contribution in [0.5, 0.6) is 17.2 Å². The van der Waals surface area contributed by atoms with Gasteiger partial charge in [-0.25, -0.2) is 4.79 Å². The summed E-state index contributed by atoms with van der Waals surface area (Å²) in [5, 5.41) is 28.6. The van der Waals surface area contributed by atoms with Gasteiger partial charge in [0.05, 0.1) is 18.6 Å². The molecule has 7 heteroatoms. The molecular weight excluding hydrogens is 304 g/mol. The Bertz CT molecular complexity index is 707. The van der Waals surface area contributed by atoms with Gasteiger partial charge < -0.3 is 29.2 Å². The van der Waals surface area contributed by atoms with Crippen molar-refractivity contribution in [3.05, 3.63) is 28.6 Å². The number of hydrogen-bond acceptors (Lipinski definition) is 7. The fraction of sp³-hybridized carbons (Fsp3) is 0.438. The summed E-state index contributed by atoms with van der Waals surface area (Å²) in [7, 11) is 0. The second kappa shape index (κ2) is 7.85. The van der Waals surface area contributed by atoms with Crippen molar-refractivity contribution in [3.63, 3.8) is 0 Å². The SMILES string of the molecule is CCCCOc1c(O)c2cccc(OCC(O)CO)c2oc1=O. The number of rotatable bonds is 8. The van der Waals surface area contributed by atoms with Gasteiger partial charge in [-0.05, 0) is 18.6 Å². The van der Waals surface area contributed by atoms with E-state index in [0.717, 1.165) is 12.8 Å². The lowest BCUT2D eigenvalue weighted by Crippen LogP contribution is -2.21. The second-order valence-corrected chi connectivity index (χ2v) is 5.05. The van der Waals surface area contributed by atoms with E-state index in [0.29, 0.717) is 6.61 Å². The van der Waals surface area contributed by atoms with Crippen molar-refractivity contribution in [2.45, 2.75) is 25.9 Å². The molecule has 2 aromatic rings. The number of fused-ring (bicyclic) bond motifs is 1. The van der Waals surface area contributed by atoms with Crippen LogP contribution < -0.4 is 15.1 Å². The van der Waals surface area contributed by atoms with Crippen LogP contribution in [-0.4, -0.2) is 41.2 Å². The molecule has 1 unspecified atom stereocenters. The summed E-state index contributed by atoms with van der Waals surface area (Å²) in [6.45, 7) is 1.67. The Morgan fingerprint density at radius 3 is 2.78 bits per heavy atom. The second-order valence-electron chi connectivity index (χ2n) is 5.05. The van der Waals surface area contributed by atoms with Gasteiger partial charge >= 0.3 is 5.63 Å². The van der Waals surface area contributed by atoms with Gasteiger partial charge in [-0.3, -0.25) is 0 Å². The number of aliphatic hydroxyl groups is 2. The third-order valence-electron chi connectivity index (χ3n) is 3.22. The molecule has 0 aliphatic heterocycles. The van der Waals surface area contributed by atoms with E-state index in [4.69, 9.17) is 19.0 Å². The molecule has 0 fully saturated rings. The molecule has 0 spiro atoms. The fourth-order valence-corrected chi connectivity index (χ4v) is 1.96. The van der Waals surface area contributed by atoms with E-state index in [1.54, 1.807) is 12.1 Å². The zero-order chi connectivity index (χ0) is 16.8. The number of para-hydroxylation sites is 1. The van der Waals surface area contributed by atoms with E-state index in [1.165, 1.54) is 6.07 Å². The van der Waals surface area contributed by atoms with Gasteiger partial charge in [-0.15, -0.1) is 0 Å². The van der Waals surface area contributed by atoms with Crippen molar-refractivity contribution in [2.24, 2.45) is 0 Å². The lowest BCUT2D eigenvalue weighted by Gasteiger charge is -2.12. The summed E-state index contributed by atoms with van der Waals surface area (Å²) in [6.07, 6.45) is 0.589. The summed E-state index contributed by atoms with van der Waals surface area (Å²) < 4.78 is 15.8. The normalized spacial score (nSPS) is 12.3. The van der Waals surface area contributed by atoms with Gasteiger partial charge in [0.2, 0.25) is 5.75 Å². The third kappa shape index (κ3) is 3.94. The minimum Gasteiger partial charge on any atom is -0.504 e. The highest BCUT2D eigenvalue weighted by Gasteiger charge is 2.18. The highest BCUT2D eigenvalue weighted by atomic mass is 16.5. The van der Waals surface area contributed by atoms with Crippen LogP contribution in [0, 0.1) is 0 Å². The maximum absolute atomic E-state index is 12.0. The largest absolute Gasteiger partial charge is 0.504 e. The van der Waals surface area contributed by atoms with Gasteiger partial charge in [0.25, 0.3) is 0 Å². The summed E-state index contributed by atoms with van der Waals surface area (Å²) in [5.41, 5.74) is -0.743. The minimum absolute atomic E-state index is 0.0583. The van der Waals surface area contributed by atoms with Gasteiger partial charge in [-0.1, -0.05) is 19.4 Å². The maximum Gasteiger partial charge on any atom is 0.383 e. The molecular formula is C16H20O7. The van der Waals surface area contributed by atoms with Crippen LogP contribution >= 0.6 is 0 Å². The van der Waals surface area contributed by atoms with Crippen LogP contribution in [0.15, 0.2) is 27.4 Å². The minimum atomic E-state index is -1.05. The monoisotopic (exact) mass is 324 g/mol. The molecule has 0 bridgehead atoms. The maximum atomic E-state index is 12.0. The fourth-order valence-electron chi connectivity index (χ4n) is 1.96. The molecule has 0 aliphatic rings. The average molecular weight is 324 g/mol. The van der Waals surface area contributed by atoms with Gasteiger partial charge in [-0.2, -0.15) is 0 Å². The quantitative estimate of drug-likeness (QED) is 0.497. The first-order valence-corrected chi connectivity index (χ1v) is 7.41. The first-order valence-electron chi connectivity index (χ1n) is 7.41. The van der Waals surface area contributed by atoms with Crippen LogP contribution in [0.4, 0.5) is 0 Å². The molecule has 2 rings (SSSR count). The molecule has 1 heterocycles. The van der Waals surface area contributed by atoms with Crippen molar-refractivity contribution in [2.75, 3.05) is 19.8 Å². The zero-order valence-electron chi connectivity index (χ0n) is 12.8. The molecule has 7 nitrogen and oxygen atoms in total. The van der Waals surface area contributed by atoms with Crippen molar-refractivity contribution >= 4 is 11.0 Å². The number of unbranched alkanes of at least 4 members (excludes halogenated alkanes) is 1. The molecule has 23 heavy (non-hydrogen) atoms. The smallest absolute Gasteiger partial charge is 0.383 e. The van der Waals surface area contributed by atoms with Gasteiger partial charge in [0, 0.05) is 0 Å². The van der Waals surface area contributed by atoms with Crippen molar-refractivity contribution < 1.29 is 29.2 Å². The highest BCUT2D eigenvalue weighted by Crippen LogP contribution is 2.35. The highest BCUT2D eigenvalue weighted by molar-refractivity contribution is 5.89. The lowest BCUT2D eigenvalue weighted by atomic mass is 10.2. The van der Waals surface area contributed by atoms with Crippen LogP contribution in [-0.2, 0) is 0 Å². The molecule has 0 aliphatic carbocycles. The number of aromatic hydroxyl groups is 1. The average Bonchev–Trinajstić information content (AvgIpc) is 2.55. The number of hydrogen-bond donors (Lipinski definition) is 3. The summed E-state index contributed by atoms with van der Waals surface area (Å²) >= 11 is 0. The summed E-state index contributed by atoms with van der Waals surface area (Å²) in [6, 6.07) is 4.71. The molecule has 1 aromatic carbocycles. The number of benzene rings is 1. The van der Waals surface area contributed by atoms with E-state index in [9.17, 15) is 15.0 Å². The van der Waals surface area contributed by atoms with Crippen molar-refractivity contribution in [1.29, 1.82) is 0 Å². The molecule has 126 valence electrons. The number of aliphatic hydroxyl groups excluding tert-OH is 2. The lowest BCUT2D eigenvalue weighted by molar-refractivity contribution is 0.0537. The van der Waals surface area contributed by atoms with Crippen LogP contribution in [0.1, 0.15) is 19.8 Å². The summed E-state index contributed by atoms with van der Waals surface area (Å²) in [4.78, 5) is 12.0. The molecule has 1 aromatic heterocycles. The first-order chi connectivity index (χ1) is 11.1. The third-order valence-corrected chi connectivity index (χ3v) is 3.22. The Kier molecular flexibility index (Phi) is 5.84. The van der Waals surface area contributed by atoms with E-state index in [1.807, 2.05) is 6.92 Å². The Labute approximate surface area is 132 Å². The van der Waals surface area contributed by atoms with Crippen molar-refractivity contribution in [1.82, 2.24) is 0 Å². The molecule has 1 atom stereocenters. The summed E-state index contributed by atoms with van der Waals surface area (Å²) in [5.74, 6) is -0.346. The molecule has 3 N–H and O–H groups in total. The Morgan fingerprint density at radius 1 is 1.30 bits per heavy atom. The van der Waals surface area contributed by atoms with E-state index in [2.05, 4.69) is 0 Å². The topological polar surface area (TPSA) is 109 Å². The van der Waals surface area contributed by atoms with E-state index < -0.39 is 18.3 Å². The van der Waals surface area contributed by atoms with Crippen LogP contribution in [0.3, 0.4) is 0 Å². The number of ether oxygens (including phenoxy) is 2. The van der Waals surface area contributed by atoms with Crippen LogP contribution in [0.25, 0.3) is 11.0 Å². The standard InChI is InChI=1S/C16H20O7/c1-2-3-7-21-15-13(19)11-5-4-6-12(14(11)23-16(15)20)22-9-10(18)8-17/h4-6,10,17-19H,2-3,7-9H2,1H3. The van der Waals surface area contributed by atoms with Crippen LogP contribution in [0.2, 0.25) is 0 Å². The zero-order valence-corrected chi connectivity index (χ0v) is 12.8. The van der Waals surface area contributed by atoms with Crippen molar-refractivity contribution in [3.8, 4) is 17.2 Å². The molecule has 0 saturated carbocycles. The van der Waals surface area contributed by atoms with Gasteiger partial charge in [0.15, 0.2) is 17.1 Å². The predicted octanol–water partition coefficient (Wildman–Crippen LogP) is 1.41.